The average Bonchev–Trinajstić information content (AvgIpc) is 2.95. The van der Waals surface area contributed by atoms with Gasteiger partial charge in [-0.15, -0.1) is 0 Å². The first-order chi connectivity index (χ1) is 9.81. The first-order valence-corrected chi connectivity index (χ1v) is 6.66. The number of aromatic nitrogens is 2. The minimum Gasteiger partial charge on any atom is -0.384 e. The fraction of sp³-hybridized carbons (Fsp3) is 0.125. The van der Waals surface area contributed by atoms with Crippen LogP contribution in [0.15, 0.2) is 47.5 Å². The molecule has 4 nitrogen and oxygen atoms in total. The molecule has 0 spiro atoms. The summed E-state index contributed by atoms with van der Waals surface area (Å²) in [6, 6.07) is 12.2. The SMILES string of the molecule is O=c1[nH]cnc2ccc(-c3ccc4c(c3)CCN4)cc12. The molecule has 0 atom stereocenters. The van der Waals surface area contributed by atoms with Gasteiger partial charge in [0.1, 0.15) is 0 Å². The lowest BCUT2D eigenvalue weighted by molar-refractivity contribution is 1.11. The fourth-order valence-corrected chi connectivity index (χ4v) is 2.73. The number of benzene rings is 2. The monoisotopic (exact) mass is 263 g/mol. The predicted octanol–water partition coefficient (Wildman–Crippen LogP) is 2.56. The van der Waals surface area contributed by atoms with E-state index in [0.29, 0.717) is 5.39 Å². The van der Waals surface area contributed by atoms with Crippen molar-refractivity contribution in [1.82, 2.24) is 9.97 Å². The topological polar surface area (TPSA) is 57.8 Å². The molecule has 0 fully saturated rings. The summed E-state index contributed by atoms with van der Waals surface area (Å²) in [6.45, 7) is 1.00. The van der Waals surface area contributed by atoms with Crippen molar-refractivity contribution in [2.24, 2.45) is 0 Å². The van der Waals surface area contributed by atoms with Crippen LogP contribution in [0.25, 0.3) is 22.0 Å². The van der Waals surface area contributed by atoms with E-state index in [0.717, 1.165) is 29.6 Å². The maximum Gasteiger partial charge on any atom is 0.258 e. The van der Waals surface area contributed by atoms with Crippen LogP contribution in [-0.2, 0) is 6.42 Å². The Bertz CT molecular complexity index is 867. The van der Waals surface area contributed by atoms with Gasteiger partial charge in [-0.3, -0.25) is 4.79 Å². The Morgan fingerprint density at radius 1 is 1.05 bits per heavy atom. The lowest BCUT2D eigenvalue weighted by atomic mass is 10.0. The molecule has 0 amide bonds. The van der Waals surface area contributed by atoms with Crippen LogP contribution in [-0.4, -0.2) is 16.5 Å². The second-order valence-electron chi connectivity index (χ2n) is 5.01. The normalized spacial score (nSPS) is 13.2. The van der Waals surface area contributed by atoms with Crippen LogP contribution in [0.1, 0.15) is 5.56 Å². The Kier molecular flexibility index (Phi) is 2.36. The quantitative estimate of drug-likeness (QED) is 0.709. The number of anilines is 1. The summed E-state index contributed by atoms with van der Waals surface area (Å²) in [4.78, 5) is 18.6. The summed E-state index contributed by atoms with van der Waals surface area (Å²) in [7, 11) is 0. The van der Waals surface area contributed by atoms with Crippen molar-refractivity contribution >= 4 is 16.6 Å². The zero-order valence-electron chi connectivity index (χ0n) is 10.8. The van der Waals surface area contributed by atoms with Gasteiger partial charge in [-0.05, 0) is 47.4 Å². The zero-order valence-corrected chi connectivity index (χ0v) is 10.8. The molecule has 1 aromatic heterocycles. The van der Waals surface area contributed by atoms with Crippen LogP contribution in [0.2, 0.25) is 0 Å². The number of H-pyrrole nitrogens is 1. The van der Waals surface area contributed by atoms with Crippen LogP contribution in [0.5, 0.6) is 0 Å². The second kappa shape index (κ2) is 4.20. The molecule has 1 aliphatic rings. The highest BCUT2D eigenvalue weighted by atomic mass is 16.1. The molecule has 98 valence electrons. The molecule has 0 saturated heterocycles. The lowest BCUT2D eigenvalue weighted by Crippen LogP contribution is -2.05. The third-order valence-electron chi connectivity index (χ3n) is 3.79. The molecule has 4 heteroatoms. The van der Waals surface area contributed by atoms with Crippen LogP contribution in [0.4, 0.5) is 5.69 Å². The second-order valence-corrected chi connectivity index (χ2v) is 5.01. The summed E-state index contributed by atoms with van der Waals surface area (Å²) >= 11 is 0. The maximum atomic E-state index is 11.8. The summed E-state index contributed by atoms with van der Waals surface area (Å²) in [5.74, 6) is 0. The first kappa shape index (κ1) is 11.2. The number of aromatic amines is 1. The lowest BCUT2D eigenvalue weighted by Gasteiger charge is -2.06. The van der Waals surface area contributed by atoms with Crippen molar-refractivity contribution in [3.05, 3.63) is 58.6 Å². The highest BCUT2D eigenvalue weighted by molar-refractivity contribution is 5.84. The van der Waals surface area contributed by atoms with Gasteiger partial charge in [-0.1, -0.05) is 12.1 Å². The zero-order chi connectivity index (χ0) is 13.5. The van der Waals surface area contributed by atoms with Crippen molar-refractivity contribution in [3.63, 3.8) is 0 Å². The number of fused-ring (bicyclic) bond motifs is 2. The largest absolute Gasteiger partial charge is 0.384 e. The Balaban J connectivity index is 1.90. The molecule has 0 bridgehead atoms. The highest BCUT2D eigenvalue weighted by Crippen LogP contribution is 2.29. The van der Waals surface area contributed by atoms with Gasteiger partial charge in [0, 0.05) is 12.2 Å². The van der Waals surface area contributed by atoms with E-state index in [-0.39, 0.29) is 5.56 Å². The summed E-state index contributed by atoms with van der Waals surface area (Å²) in [5.41, 5.74) is 5.36. The Morgan fingerprint density at radius 2 is 1.90 bits per heavy atom. The number of hydrogen-bond acceptors (Lipinski definition) is 3. The van der Waals surface area contributed by atoms with Gasteiger partial charge < -0.3 is 10.3 Å². The van der Waals surface area contributed by atoms with Crippen molar-refractivity contribution in [2.75, 3.05) is 11.9 Å². The standard InChI is InChI=1S/C16H13N3O/c20-16-13-8-11(2-4-15(13)18-9-19-16)10-1-3-14-12(7-10)5-6-17-14/h1-4,7-9,17H,5-6H2,(H,18,19,20). The van der Waals surface area contributed by atoms with Crippen molar-refractivity contribution in [3.8, 4) is 11.1 Å². The molecule has 0 radical (unpaired) electrons. The predicted molar refractivity (Wildman–Crippen MR) is 80.0 cm³/mol. The molecule has 4 rings (SSSR count). The molecule has 1 aliphatic heterocycles. The molecule has 0 unspecified atom stereocenters. The van der Waals surface area contributed by atoms with Crippen molar-refractivity contribution in [2.45, 2.75) is 6.42 Å². The molecule has 2 aromatic carbocycles. The molecular formula is C16H13N3O. The Labute approximate surface area is 115 Å². The van der Waals surface area contributed by atoms with Gasteiger partial charge in [0.2, 0.25) is 0 Å². The van der Waals surface area contributed by atoms with E-state index in [1.165, 1.54) is 17.6 Å². The molecule has 2 heterocycles. The van der Waals surface area contributed by atoms with Crippen molar-refractivity contribution < 1.29 is 0 Å². The fourth-order valence-electron chi connectivity index (χ4n) is 2.73. The number of rotatable bonds is 1. The first-order valence-electron chi connectivity index (χ1n) is 6.66. The highest BCUT2D eigenvalue weighted by Gasteiger charge is 2.11. The Hall–Kier alpha value is -2.62. The molecule has 0 aliphatic carbocycles. The third kappa shape index (κ3) is 1.69. The molecule has 3 aromatic rings. The molecule has 20 heavy (non-hydrogen) atoms. The van der Waals surface area contributed by atoms with Crippen molar-refractivity contribution in [1.29, 1.82) is 0 Å². The van der Waals surface area contributed by atoms with E-state index in [2.05, 4.69) is 33.5 Å². The average molecular weight is 263 g/mol. The molecule has 2 N–H and O–H groups in total. The van der Waals surface area contributed by atoms with Gasteiger partial charge in [-0.25, -0.2) is 4.98 Å². The summed E-state index contributed by atoms with van der Waals surface area (Å²) < 4.78 is 0. The van der Waals surface area contributed by atoms with Gasteiger partial charge in [0.25, 0.3) is 5.56 Å². The van der Waals surface area contributed by atoms with Crippen LogP contribution in [0, 0.1) is 0 Å². The van der Waals surface area contributed by atoms with Gasteiger partial charge in [0.05, 0.1) is 17.2 Å². The smallest absolute Gasteiger partial charge is 0.258 e. The third-order valence-corrected chi connectivity index (χ3v) is 3.79. The van der Waals surface area contributed by atoms with Crippen LogP contribution >= 0.6 is 0 Å². The van der Waals surface area contributed by atoms with E-state index in [9.17, 15) is 4.79 Å². The van der Waals surface area contributed by atoms with E-state index >= 15 is 0 Å². The summed E-state index contributed by atoms with van der Waals surface area (Å²) in [6.07, 6.45) is 2.49. The maximum absolute atomic E-state index is 11.8. The van der Waals surface area contributed by atoms with E-state index in [1.54, 1.807) is 0 Å². The van der Waals surface area contributed by atoms with E-state index in [1.807, 2.05) is 18.2 Å². The molecular weight excluding hydrogens is 250 g/mol. The van der Waals surface area contributed by atoms with Crippen LogP contribution in [0.3, 0.4) is 0 Å². The minimum absolute atomic E-state index is 0.0975. The number of nitrogens with one attached hydrogen (secondary N) is 2. The number of hydrogen-bond donors (Lipinski definition) is 2. The van der Waals surface area contributed by atoms with Gasteiger partial charge in [-0.2, -0.15) is 0 Å². The summed E-state index contributed by atoms with van der Waals surface area (Å²) in [5, 5.41) is 3.98. The van der Waals surface area contributed by atoms with E-state index < -0.39 is 0 Å². The Morgan fingerprint density at radius 3 is 2.85 bits per heavy atom. The van der Waals surface area contributed by atoms with Gasteiger partial charge in [0.15, 0.2) is 0 Å². The number of nitrogens with zero attached hydrogens (tertiary/aromatic N) is 1. The van der Waals surface area contributed by atoms with Gasteiger partial charge >= 0.3 is 0 Å². The van der Waals surface area contributed by atoms with E-state index in [4.69, 9.17) is 0 Å². The minimum atomic E-state index is -0.0975. The molecule has 0 saturated carbocycles. The van der Waals surface area contributed by atoms with Crippen LogP contribution < -0.4 is 10.9 Å².